The molecule has 0 aromatic heterocycles. The number of ether oxygens (including phenoxy) is 2. The predicted molar refractivity (Wildman–Crippen MR) is 238 cm³/mol. The number of carbonyl (C=O) groups is 2. The molecule has 3 atom stereocenters. The van der Waals surface area contributed by atoms with Gasteiger partial charge in [-0.1, -0.05) is 199 Å². The first-order valence-electron chi connectivity index (χ1n) is 24.1. The van der Waals surface area contributed by atoms with Crippen molar-refractivity contribution in [3.05, 3.63) is 12.2 Å². The van der Waals surface area contributed by atoms with Crippen LogP contribution in [0.4, 0.5) is 0 Å². The zero-order valence-electron chi connectivity index (χ0n) is 37.5. The van der Waals surface area contributed by atoms with Crippen molar-refractivity contribution < 1.29 is 47.8 Å². The fraction of sp³-hybridized carbons (Fsp3) is 0.915. The van der Waals surface area contributed by atoms with Crippen LogP contribution in [0.5, 0.6) is 0 Å². The van der Waals surface area contributed by atoms with Crippen LogP contribution in [-0.4, -0.2) is 65.7 Å². The molecule has 0 saturated heterocycles. The topological polar surface area (TPSA) is 149 Å². The molecule has 0 aliphatic heterocycles. The molecule has 3 unspecified atom stereocenters. The molecule has 0 aromatic carbocycles. The van der Waals surface area contributed by atoms with Crippen LogP contribution in [-0.2, 0) is 32.7 Å². The van der Waals surface area contributed by atoms with E-state index in [1.807, 2.05) is 0 Å². The molecule has 0 spiro atoms. The van der Waals surface area contributed by atoms with Gasteiger partial charge < -0.3 is 24.6 Å². The number of esters is 2. The van der Waals surface area contributed by atoms with Gasteiger partial charge in [-0.05, 0) is 38.5 Å². The van der Waals surface area contributed by atoms with Crippen molar-refractivity contribution in [2.45, 2.75) is 251 Å². The Morgan fingerprint density at radius 2 is 0.845 bits per heavy atom. The molecule has 344 valence electrons. The van der Waals surface area contributed by atoms with Crippen LogP contribution >= 0.6 is 7.82 Å². The fourth-order valence-corrected chi connectivity index (χ4v) is 7.72. The van der Waals surface area contributed by atoms with E-state index in [2.05, 4.69) is 26.0 Å². The van der Waals surface area contributed by atoms with Gasteiger partial charge in [-0.25, -0.2) is 4.57 Å². The van der Waals surface area contributed by atoms with Crippen LogP contribution in [0.15, 0.2) is 12.2 Å². The minimum atomic E-state index is -4.62. The molecular formula is C47H91O10P. The zero-order valence-corrected chi connectivity index (χ0v) is 38.4. The highest BCUT2D eigenvalue weighted by Gasteiger charge is 2.27. The Hall–Kier alpha value is -1.29. The van der Waals surface area contributed by atoms with Gasteiger partial charge in [0.1, 0.15) is 12.7 Å². The summed E-state index contributed by atoms with van der Waals surface area (Å²) in [6.07, 6.45) is 43.2. The van der Waals surface area contributed by atoms with Crippen LogP contribution in [0.25, 0.3) is 0 Å². The molecule has 0 saturated carbocycles. The monoisotopic (exact) mass is 847 g/mol. The van der Waals surface area contributed by atoms with E-state index in [1.54, 1.807) is 0 Å². The fourth-order valence-electron chi connectivity index (χ4n) is 6.93. The van der Waals surface area contributed by atoms with E-state index in [0.29, 0.717) is 12.8 Å². The van der Waals surface area contributed by atoms with Crippen molar-refractivity contribution in [3.63, 3.8) is 0 Å². The average Bonchev–Trinajstić information content (AvgIpc) is 3.21. The Kier molecular flexibility index (Phi) is 42.8. The SMILES string of the molecule is CCCCCCC/C=C\CCCCCCCC(=O)OC(COC(=O)CCCCCCCCCCCCCCCCCCCCCCC)COP(=O)(O)OCC(O)CO. The summed E-state index contributed by atoms with van der Waals surface area (Å²) in [5.41, 5.74) is 0. The number of phosphoric ester groups is 1. The number of unbranched alkanes of at least 4 members (excludes halogenated alkanes) is 30. The molecule has 0 rings (SSSR count). The molecule has 0 radical (unpaired) electrons. The number of allylic oxidation sites excluding steroid dienone is 2. The van der Waals surface area contributed by atoms with E-state index in [4.69, 9.17) is 23.6 Å². The van der Waals surface area contributed by atoms with Crippen molar-refractivity contribution >= 4 is 19.8 Å². The third-order valence-corrected chi connectivity index (χ3v) is 11.6. The van der Waals surface area contributed by atoms with E-state index in [9.17, 15) is 24.2 Å². The smallest absolute Gasteiger partial charge is 0.462 e. The highest BCUT2D eigenvalue weighted by molar-refractivity contribution is 7.47. The molecule has 0 bridgehead atoms. The van der Waals surface area contributed by atoms with E-state index >= 15 is 0 Å². The van der Waals surface area contributed by atoms with Crippen LogP contribution in [0.2, 0.25) is 0 Å². The summed E-state index contributed by atoms with van der Waals surface area (Å²) >= 11 is 0. The number of carbonyl (C=O) groups excluding carboxylic acids is 2. The summed E-state index contributed by atoms with van der Waals surface area (Å²) < 4.78 is 32.8. The van der Waals surface area contributed by atoms with Gasteiger partial charge in [-0.2, -0.15) is 0 Å². The number of rotatable bonds is 46. The van der Waals surface area contributed by atoms with Crippen molar-refractivity contribution in [1.82, 2.24) is 0 Å². The lowest BCUT2D eigenvalue weighted by molar-refractivity contribution is -0.161. The van der Waals surface area contributed by atoms with Gasteiger partial charge in [0, 0.05) is 12.8 Å². The predicted octanol–water partition coefficient (Wildman–Crippen LogP) is 13.2. The number of hydrogen-bond donors (Lipinski definition) is 3. The first-order valence-corrected chi connectivity index (χ1v) is 25.6. The summed E-state index contributed by atoms with van der Waals surface area (Å²) in [5.74, 6) is -0.921. The van der Waals surface area contributed by atoms with Gasteiger partial charge in [0.2, 0.25) is 0 Å². The van der Waals surface area contributed by atoms with E-state index in [1.165, 1.54) is 141 Å². The second-order valence-corrected chi connectivity index (χ2v) is 17.9. The number of aliphatic hydroxyl groups is 2. The molecule has 58 heavy (non-hydrogen) atoms. The van der Waals surface area contributed by atoms with Crippen molar-refractivity contribution in [1.29, 1.82) is 0 Å². The quantitative estimate of drug-likeness (QED) is 0.0234. The maximum absolute atomic E-state index is 12.6. The summed E-state index contributed by atoms with van der Waals surface area (Å²) in [4.78, 5) is 35.1. The van der Waals surface area contributed by atoms with Crippen molar-refractivity contribution in [2.75, 3.05) is 26.4 Å². The Morgan fingerprint density at radius 1 is 0.500 bits per heavy atom. The maximum atomic E-state index is 12.6. The van der Waals surface area contributed by atoms with Crippen LogP contribution in [0, 0.1) is 0 Å². The normalized spacial score (nSPS) is 13.8. The molecule has 10 nitrogen and oxygen atoms in total. The number of hydrogen-bond acceptors (Lipinski definition) is 9. The highest BCUT2D eigenvalue weighted by atomic mass is 31.2. The lowest BCUT2D eigenvalue weighted by Gasteiger charge is -2.20. The molecule has 0 heterocycles. The van der Waals surface area contributed by atoms with Crippen molar-refractivity contribution in [3.8, 4) is 0 Å². The van der Waals surface area contributed by atoms with Gasteiger partial charge in [0.05, 0.1) is 19.8 Å². The molecule has 0 fully saturated rings. The van der Waals surface area contributed by atoms with E-state index < -0.39 is 51.8 Å². The summed E-state index contributed by atoms with van der Waals surface area (Å²) in [5, 5.41) is 18.4. The highest BCUT2D eigenvalue weighted by Crippen LogP contribution is 2.43. The number of aliphatic hydroxyl groups excluding tert-OH is 2. The van der Waals surface area contributed by atoms with Crippen LogP contribution in [0.3, 0.4) is 0 Å². The second kappa shape index (κ2) is 43.8. The molecule has 0 aliphatic carbocycles. The average molecular weight is 847 g/mol. The van der Waals surface area contributed by atoms with Crippen LogP contribution in [0.1, 0.15) is 239 Å². The lowest BCUT2D eigenvalue weighted by Crippen LogP contribution is -2.29. The molecule has 3 N–H and O–H groups in total. The van der Waals surface area contributed by atoms with Gasteiger partial charge in [0.25, 0.3) is 0 Å². The lowest BCUT2D eigenvalue weighted by atomic mass is 10.0. The standard InChI is InChI=1S/C47H91O10P/c1-3-5-7-9-11-13-15-17-19-20-21-22-23-24-25-27-28-30-32-34-36-38-46(50)54-42-45(43-56-58(52,53)55-41-44(49)40-48)57-47(51)39-37-35-33-31-29-26-18-16-14-12-10-8-6-4-2/h16,18,44-45,48-49H,3-15,17,19-43H2,1-2H3,(H,52,53)/b18-16-. The summed E-state index contributed by atoms with van der Waals surface area (Å²) in [6, 6.07) is 0. The number of phosphoric acid groups is 1. The minimum absolute atomic E-state index is 0.178. The molecule has 0 aliphatic rings. The molecule has 0 amide bonds. The van der Waals surface area contributed by atoms with Gasteiger partial charge in [-0.15, -0.1) is 0 Å². The van der Waals surface area contributed by atoms with E-state index in [0.717, 1.165) is 57.8 Å². The van der Waals surface area contributed by atoms with Crippen LogP contribution < -0.4 is 0 Å². The van der Waals surface area contributed by atoms with Gasteiger partial charge in [-0.3, -0.25) is 18.6 Å². The van der Waals surface area contributed by atoms with Gasteiger partial charge in [0.15, 0.2) is 6.10 Å². The first-order chi connectivity index (χ1) is 28.2. The van der Waals surface area contributed by atoms with Crippen molar-refractivity contribution in [2.24, 2.45) is 0 Å². The Labute approximate surface area is 356 Å². The summed E-state index contributed by atoms with van der Waals surface area (Å²) in [6.45, 7) is 2.40. The third-order valence-electron chi connectivity index (χ3n) is 10.7. The Morgan fingerprint density at radius 3 is 1.24 bits per heavy atom. The summed E-state index contributed by atoms with van der Waals surface area (Å²) in [7, 11) is -4.62. The Balaban J connectivity index is 4.15. The second-order valence-electron chi connectivity index (χ2n) is 16.5. The maximum Gasteiger partial charge on any atom is 0.472 e. The largest absolute Gasteiger partial charge is 0.472 e. The molecule has 0 aromatic rings. The minimum Gasteiger partial charge on any atom is -0.462 e. The van der Waals surface area contributed by atoms with Gasteiger partial charge >= 0.3 is 19.8 Å². The molecular weight excluding hydrogens is 755 g/mol. The first kappa shape index (κ1) is 56.7. The third kappa shape index (κ3) is 42.8. The van der Waals surface area contributed by atoms with E-state index in [-0.39, 0.29) is 19.4 Å². The Bertz CT molecular complexity index is 977. The zero-order chi connectivity index (χ0) is 42.6. The molecule has 11 heteroatoms.